The molecule has 9 heteroatoms. The lowest BCUT2D eigenvalue weighted by Gasteiger charge is -2.10. The molecule has 130 valence electrons. The van der Waals surface area contributed by atoms with E-state index < -0.39 is 5.25 Å². The van der Waals surface area contributed by atoms with Crippen LogP contribution < -0.4 is 5.32 Å². The average Bonchev–Trinajstić information content (AvgIpc) is 3.22. The van der Waals surface area contributed by atoms with Gasteiger partial charge in [-0.05, 0) is 25.5 Å². The van der Waals surface area contributed by atoms with Gasteiger partial charge in [-0.2, -0.15) is 0 Å². The molecule has 7 nitrogen and oxygen atoms in total. The molecule has 0 radical (unpaired) electrons. The summed E-state index contributed by atoms with van der Waals surface area (Å²) < 4.78 is 18.7. The number of nitrogens with one attached hydrogen (secondary N) is 2. The first-order valence-electron chi connectivity index (χ1n) is 7.65. The number of rotatable bonds is 6. The molecule has 2 N–H and O–H groups in total. The fourth-order valence-electron chi connectivity index (χ4n) is 2.15. The van der Waals surface area contributed by atoms with Crippen LogP contribution in [0.25, 0.3) is 11.4 Å². The third-order valence-corrected chi connectivity index (χ3v) is 4.61. The minimum Gasteiger partial charge on any atom is -0.360 e. The number of aromatic amines is 1. The SMILES string of the molecule is CC[C@@H](Sc1n[nH]c(-c2ccccc2F)n1)C(=O)Nc1cc(C)on1. The third-order valence-electron chi connectivity index (χ3n) is 3.38. The zero-order valence-corrected chi connectivity index (χ0v) is 14.4. The highest BCUT2D eigenvalue weighted by atomic mass is 32.2. The highest BCUT2D eigenvalue weighted by Crippen LogP contribution is 2.26. The molecule has 1 amide bonds. The summed E-state index contributed by atoms with van der Waals surface area (Å²) in [6, 6.07) is 7.93. The molecule has 2 heterocycles. The highest BCUT2D eigenvalue weighted by molar-refractivity contribution is 8.00. The fourth-order valence-corrected chi connectivity index (χ4v) is 2.98. The number of aryl methyl sites for hydroxylation is 1. The van der Waals surface area contributed by atoms with Crippen molar-refractivity contribution in [3.05, 3.63) is 41.9 Å². The van der Waals surface area contributed by atoms with Gasteiger partial charge in [0, 0.05) is 6.07 Å². The van der Waals surface area contributed by atoms with E-state index in [2.05, 4.69) is 25.7 Å². The Hall–Kier alpha value is -2.68. The van der Waals surface area contributed by atoms with Gasteiger partial charge in [-0.25, -0.2) is 9.37 Å². The van der Waals surface area contributed by atoms with Crippen LogP contribution in [-0.4, -0.2) is 31.5 Å². The zero-order chi connectivity index (χ0) is 17.8. The number of carbonyl (C=O) groups is 1. The Morgan fingerprint density at radius 1 is 1.44 bits per heavy atom. The molecule has 1 atom stereocenters. The van der Waals surface area contributed by atoms with Crippen LogP contribution in [0.2, 0.25) is 0 Å². The van der Waals surface area contributed by atoms with Gasteiger partial charge in [0.05, 0.1) is 10.8 Å². The molecule has 3 aromatic rings. The second kappa shape index (κ2) is 7.47. The first kappa shape index (κ1) is 17.2. The molecule has 0 unspecified atom stereocenters. The lowest BCUT2D eigenvalue weighted by molar-refractivity contribution is -0.115. The van der Waals surface area contributed by atoms with Crippen molar-refractivity contribution in [1.82, 2.24) is 20.3 Å². The van der Waals surface area contributed by atoms with Gasteiger partial charge < -0.3 is 9.84 Å². The Balaban J connectivity index is 1.70. The average molecular weight is 361 g/mol. The van der Waals surface area contributed by atoms with Crippen LogP contribution in [0.1, 0.15) is 19.1 Å². The summed E-state index contributed by atoms with van der Waals surface area (Å²) >= 11 is 1.20. The van der Waals surface area contributed by atoms with E-state index in [1.807, 2.05) is 6.92 Å². The maximum absolute atomic E-state index is 13.8. The van der Waals surface area contributed by atoms with Crippen molar-refractivity contribution in [3.63, 3.8) is 0 Å². The quantitative estimate of drug-likeness (QED) is 0.653. The monoisotopic (exact) mass is 361 g/mol. The van der Waals surface area contributed by atoms with Gasteiger partial charge in [0.15, 0.2) is 11.6 Å². The largest absolute Gasteiger partial charge is 0.360 e. The summed E-state index contributed by atoms with van der Waals surface area (Å²) in [4.78, 5) is 16.6. The summed E-state index contributed by atoms with van der Waals surface area (Å²) in [5.41, 5.74) is 0.331. The molecule has 25 heavy (non-hydrogen) atoms. The normalized spacial score (nSPS) is 12.1. The molecule has 0 aliphatic rings. The maximum atomic E-state index is 13.8. The number of amides is 1. The van der Waals surface area contributed by atoms with Gasteiger partial charge in [-0.1, -0.05) is 36.0 Å². The molecule has 0 saturated heterocycles. The fraction of sp³-hybridized carbons (Fsp3) is 0.250. The molecule has 0 aliphatic carbocycles. The van der Waals surface area contributed by atoms with Gasteiger partial charge in [0.2, 0.25) is 11.1 Å². The number of anilines is 1. The van der Waals surface area contributed by atoms with Gasteiger partial charge in [-0.3, -0.25) is 9.89 Å². The minimum absolute atomic E-state index is 0.224. The van der Waals surface area contributed by atoms with Crippen LogP contribution in [0.3, 0.4) is 0 Å². The van der Waals surface area contributed by atoms with E-state index >= 15 is 0 Å². The number of halogens is 1. The van der Waals surface area contributed by atoms with Crippen LogP contribution in [0.4, 0.5) is 10.2 Å². The Morgan fingerprint density at radius 3 is 2.92 bits per heavy atom. The molecular weight excluding hydrogens is 345 g/mol. The predicted molar refractivity (Wildman–Crippen MR) is 91.6 cm³/mol. The molecule has 0 fully saturated rings. The van der Waals surface area contributed by atoms with Crippen LogP contribution in [0.5, 0.6) is 0 Å². The Kier molecular flexibility index (Phi) is 5.13. The molecule has 0 spiro atoms. The Morgan fingerprint density at radius 2 is 2.24 bits per heavy atom. The summed E-state index contributed by atoms with van der Waals surface area (Å²) in [6.07, 6.45) is 0.566. The second-order valence-corrected chi connectivity index (χ2v) is 6.44. The Bertz CT molecular complexity index is 879. The summed E-state index contributed by atoms with van der Waals surface area (Å²) in [6.45, 7) is 3.63. The van der Waals surface area contributed by atoms with E-state index in [9.17, 15) is 9.18 Å². The summed E-state index contributed by atoms with van der Waals surface area (Å²) in [5.74, 6) is 0.686. The standard InChI is InChI=1S/C16H16FN5O2S/c1-3-12(15(23)18-13-8-9(2)24-22-13)25-16-19-14(20-21-16)10-6-4-5-7-11(10)17/h4-8,12H,3H2,1-2H3,(H,18,22,23)(H,19,20,21)/t12-/m1/s1. The lowest BCUT2D eigenvalue weighted by atomic mass is 10.2. The van der Waals surface area contributed by atoms with Gasteiger partial charge in [-0.15, -0.1) is 5.10 Å². The van der Waals surface area contributed by atoms with E-state index in [0.29, 0.717) is 34.5 Å². The summed E-state index contributed by atoms with van der Waals surface area (Å²) in [7, 11) is 0. The van der Waals surface area contributed by atoms with Crippen LogP contribution in [0.15, 0.2) is 40.0 Å². The van der Waals surface area contributed by atoms with Gasteiger partial charge in [0.1, 0.15) is 11.6 Å². The number of H-pyrrole nitrogens is 1. The smallest absolute Gasteiger partial charge is 0.239 e. The number of aromatic nitrogens is 4. The number of hydrogen-bond donors (Lipinski definition) is 2. The zero-order valence-electron chi connectivity index (χ0n) is 13.6. The van der Waals surface area contributed by atoms with Crippen LogP contribution in [-0.2, 0) is 4.79 Å². The molecular formula is C16H16FN5O2S. The van der Waals surface area contributed by atoms with Gasteiger partial charge in [0.25, 0.3) is 0 Å². The predicted octanol–water partition coefficient (Wildman–Crippen LogP) is 3.42. The van der Waals surface area contributed by atoms with Crippen molar-refractivity contribution >= 4 is 23.5 Å². The van der Waals surface area contributed by atoms with E-state index in [1.54, 1.807) is 31.2 Å². The number of benzene rings is 1. The van der Waals surface area contributed by atoms with Crippen molar-refractivity contribution in [2.45, 2.75) is 30.7 Å². The lowest BCUT2D eigenvalue weighted by Crippen LogP contribution is -2.24. The maximum Gasteiger partial charge on any atom is 0.239 e. The van der Waals surface area contributed by atoms with E-state index in [1.165, 1.54) is 17.8 Å². The van der Waals surface area contributed by atoms with Crippen molar-refractivity contribution < 1.29 is 13.7 Å². The summed E-state index contributed by atoms with van der Waals surface area (Å²) in [5, 5.41) is 13.1. The number of hydrogen-bond acceptors (Lipinski definition) is 6. The molecule has 0 bridgehead atoms. The number of nitrogens with zero attached hydrogens (tertiary/aromatic N) is 3. The van der Waals surface area contributed by atoms with E-state index in [4.69, 9.17) is 4.52 Å². The number of thioether (sulfide) groups is 1. The second-order valence-electron chi connectivity index (χ2n) is 5.27. The van der Waals surface area contributed by atoms with E-state index in [0.717, 1.165) is 0 Å². The topological polar surface area (TPSA) is 96.7 Å². The molecule has 3 rings (SSSR count). The molecule has 2 aromatic heterocycles. The highest BCUT2D eigenvalue weighted by Gasteiger charge is 2.22. The first-order valence-corrected chi connectivity index (χ1v) is 8.53. The van der Waals surface area contributed by atoms with Crippen molar-refractivity contribution in [1.29, 1.82) is 0 Å². The first-order chi connectivity index (χ1) is 12.1. The van der Waals surface area contributed by atoms with Crippen LogP contribution in [0, 0.1) is 12.7 Å². The Labute approximate surface area is 147 Å². The van der Waals surface area contributed by atoms with Crippen molar-refractivity contribution in [2.75, 3.05) is 5.32 Å². The van der Waals surface area contributed by atoms with Crippen molar-refractivity contribution in [3.8, 4) is 11.4 Å². The van der Waals surface area contributed by atoms with Crippen LogP contribution >= 0.6 is 11.8 Å². The molecule has 1 aromatic carbocycles. The van der Waals surface area contributed by atoms with Gasteiger partial charge >= 0.3 is 0 Å². The third kappa shape index (κ3) is 4.05. The van der Waals surface area contributed by atoms with Crippen molar-refractivity contribution in [2.24, 2.45) is 0 Å². The molecule has 0 aliphatic heterocycles. The minimum atomic E-state index is -0.415. The molecule has 0 saturated carbocycles. The number of carbonyl (C=O) groups excluding carboxylic acids is 1. The van der Waals surface area contributed by atoms with E-state index in [-0.39, 0.29) is 11.7 Å².